The quantitative estimate of drug-likeness (QED) is 0.169. The van der Waals surface area contributed by atoms with E-state index in [1.807, 2.05) is 0 Å². The number of hydrogen-bond donors (Lipinski definition) is 1. The highest BCUT2D eigenvalue weighted by atomic mass is 16.6. The first-order valence-electron chi connectivity index (χ1n) is 11.0. The lowest BCUT2D eigenvalue weighted by Crippen LogP contribution is -2.46. The summed E-state index contributed by atoms with van der Waals surface area (Å²) >= 11 is 0. The third kappa shape index (κ3) is 5.49. The molecule has 2 heterocycles. The van der Waals surface area contributed by atoms with Gasteiger partial charge >= 0.3 is 11.9 Å². The topological polar surface area (TPSA) is 158 Å². The monoisotopic (exact) mass is 488 g/mol. The third-order valence-electron chi connectivity index (χ3n) is 5.54. The lowest BCUT2D eigenvalue weighted by atomic mass is 10.1. The molecule has 0 bridgehead atoms. The summed E-state index contributed by atoms with van der Waals surface area (Å²) < 4.78 is 18.7. The van der Waals surface area contributed by atoms with Gasteiger partial charge in [-0.1, -0.05) is 41.5 Å². The van der Waals surface area contributed by atoms with Crippen molar-refractivity contribution in [3.63, 3.8) is 0 Å². The summed E-state index contributed by atoms with van der Waals surface area (Å²) in [5.74, 6) is -1.93. The maximum absolute atomic E-state index is 12.9. The van der Waals surface area contributed by atoms with Crippen molar-refractivity contribution >= 4 is 17.8 Å². The Labute approximate surface area is 205 Å². The van der Waals surface area contributed by atoms with E-state index in [2.05, 4.69) is 10.0 Å². The predicted octanol–water partition coefficient (Wildman–Crippen LogP) is 2.73. The predicted molar refractivity (Wildman–Crippen MR) is 124 cm³/mol. The van der Waals surface area contributed by atoms with Gasteiger partial charge in [0.1, 0.15) is 24.4 Å². The Morgan fingerprint density at radius 2 is 1.56 bits per heavy atom. The number of amides is 1. The summed E-state index contributed by atoms with van der Waals surface area (Å²) in [6.07, 6.45) is -0.0380. The second kappa shape index (κ2) is 11.1. The highest BCUT2D eigenvalue weighted by Crippen LogP contribution is 2.32. The van der Waals surface area contributed by atoms with Gasteiger partial charge < -0.3 is 19.9 Å². The average molecular weight is 488 g/mol. The number of hydrogen-bond acceptors (Lipinski definition) is 7. The van der Waals surface area contributed by atoms with Crippen LogP contribution >= 0.6 is 0 Å². The summed E-state index contributed by atoms with van der Waals surface area (Å²) in [5.41, 5.74) is 15.5. The molecule has 1 aromatic heterocycles. The minimum Gasteiger partial charge on any atom is -0.459 e. The van der Waals surface area contributed by atoms with Gasteiger partial charge in [-0.25, -0.2) is 9.59 Å². The van der Waals surface area contributed by atoms with Crippen LogP contribution in [-0.4, -0.2) is 42.7 Å². The molecule has 1 fully saturated rings. The Morgan fingerprint density at radius 1 is 0.944 bits per heavy atom. The Hall–Kier alpha value is -4.73. The van der Waals surface area contributed by atoms with Crippen LogP contribution in [0.3, 0.4) is 0 Å². The molecule has 0 aliphatic carbocycles. The Kier molecular flexibility index (Phi) is 7.54. The van der Waals surface area contributed by atoms with E-state index in [1.54, 1.807) is 72.9 Å². The van der Waals surface area contributed by atoms with Crippen LogP contribution < -0.4 is 10.3 Å². The molecule has 1 amide bonds. The molecule has 2 aromatic carbocycles. The normalized spacial score (nSPS) is 20.7. The van der Waals surface area contributed by atoms with Gasteiger partial charge in [0.05, 0.1) is 11.1 Å². The molecule has 36 heavy (non-hydrogen) atoms. The van der Waals surface area contributed by atoms with Crippen molar-refractivity contribution < 1.29 is 33.2 Å². The zero-order valence-corrected chi connectivity index (χ0v) is 18.9. The summed E-state index contributed by atoms with van der Waals surface area (Å²) in [5, 5.41) is 3.82. The van der Waals surface area contributed by atoms with Crippen molar-refractivity contribution in [3.8, 4) is 0 Å². The molecule has 0 unspecified atom stereocenters. The first-order chi connectivity index (χ1) is 17.5. The van der Waals surface area contributed by atoms with Crippen LogP contribution in [0.25, 0.3) is 10.4 Å². The van der Waals surface area contributed by atoms with Crippen LogP contribution in [0.15, 0.2) is 90.3 Å². The van der Waals surface area contributed by atoms with Crippen molar-refractivity contribution in [1.82, 2.24) is 0 Å². The lowest BCUT2D eigenvalue weighted by Gasteiger charge is -2.20. The number of ether oxygens (including phenoxy) is 3. The van der Waals surface area contributed by atoms with Gasteiger partial charge in [-0.3, -0.25) is 4.79 Å². The van der Waals surface area contributed by atoms with Crippen LogP contribution in [0.2, 0.25) is 0 Å². The van der Waals surface area contributed by atoms with E-state index < -0.39 is 42.3 Å². The standard InChI is InChI=1S/C25H21N5O6/c26-22(31)18-12-7-13-30(14-18)23-20(28-29-27)21(36-25(33)17-10-5-2-6-11-17)19(35-23)15-34-24(32)16-8-3-1-4-9-16/h1-14,19-21,23H,15H2,(H-,26,31)/p+1/t19-,20-,21-,23-/m1/s1. The molecule has 0 saturated carbocycles. The minimum atomic E-state index is -1.10. The molecule has 1 aliphatic rings. The zero-order valence-electron chi connectivity index (χ0n) is 18.9. The summed E-state index contributed by atoms with van der Waals surface area (Å²) in [6.45, 7) is -0.287. The van der Waals surface area contributed by atoms with E-state index in [-0.39, 0.29) is 17.7 Å². The van der Waals surface area contributed by atoms with Gasteiger partial charge in [0.2, 0.25) is 0 Å². The number of benzene rings is 2. The largest absolute Gasteiger partial charge is 0.459 e. The van der Waals surface area contributed by atoms with Crippen LogP contribution in [0.1, 0.15) is 37.3 Å². The van der Waals surface area contributed by atoms with Crippen LogP contribution in [-0.2, 0) is 14.2 Å². The maximum Gasteiger partial charge on any atom is 0.338 e. The molecule has 0 spiro atoms. The van der Waals surface area contributed by atoms with Crippen LogP contribution in [0.5, 0.6) is 0 Å². The fourth-order valence-electron chi connectivity index (χ4n) is 3.81. The Balaban J connectivity index is 1.63. The smallest absolute Gasteiger partial charge is 0.338 e. The number of nitrogens with two attached hydrogens (primary N) is 1. The average Bonchev–Trinajstić information content (AvgIpc) is 3.25. The molecule has 1 saturated heterocycles. The number of carbonyl (C=O) groups excluding carboxylic acids is 3. The molecule has 4 atom stereocenters. The zero-order chi connectivity index (χ0) is 25.5. The fourth-order valence-corrected chi connectivity index (χ4v) is 3.81. The van der Waals surface area contributed by atoms with Crippen molar-refractivity contribution in [2.24, 2.45) is 10.8 Å². The molecule has 11 heteroatoms. The van der Waals surface area contributed by atoms with Gasteiger partial charge in [0, 0.05) is 11.0 Å². The number of azide groups is 1. The van der Waals surface area contributed by atoms with Crippen molar-refractivity contribution in [1.29, 1.82) is 0 Å². The molecule has 11 nitrogen and oxygen atoms in total. The van der Waals surface area contributed by atoms with Gasteiger partial charge in [-0.05, 0) is 35.9 Å². The third-order valence-corrected chi connectivity index (χ3v) is 5.54. The summed E-state index contributed by atoms with van der Waals surface area (Å²) in [6, 6.07) is 18.7. The molecule has 1 aliphatic heterocycles. The summed E-state index contributed by atoms with van der Waals surface area (Å²) in [4.78, 5) is 39.9. The molecule has 182 valence electrons. The number of rotatable bonds is 8. The van der Waals surface area contributed by atoms with Crippen LogP contribution in [0, 0.1) is 0 Å². The fraction of sp³-hybridized carbons (Fsp3) is 0.200. The first kappa shape index (κ1) is 24.4. The minimum absolute atomic E-state index is 0.192. The number of nitrogens with zero attached hydrogens (tertiary/aromatic N) is 4. The number of esters is 2. The number of primary amides is 1. The van der Waals surface area contributed by atoms with Crippen LogP contribution in [0.4, 0.5) is 0 Å². The van der Waals surface area contributed by atoms with Gasteiger partial charge in [0.15, 0.2) is 18.4 Å². The molecule has 2 N–H and O–H groups in total. The van der Waals surface area contributed by atoms with E-state index in [0.29, 0.717) is 5.56 Å². The maximum atomic E-state index is 12.9. The summed E-state index contributed by atoms with van der Waals surface area (Å²) in [7, 11) is 0. The van der Waals surface area contributed by atoms with E-state index in [1.165, 1.54) is 16.8 Å². The molecule has 0 radical (unpaired) electrons. The lowest BCUT2D eigenvalue weighted by molar-refractivity contribution is -0.760. The van der Waals surface area contributed by atoms with E-state index in [9.17, 15) is 19.9 Å². The first-order valence-corrected chi connectivity index (χ1v) is 11.0. The highest BCUT2D eigenvalue weighted by Gasteiger charge is 2.52. The number of pyridine rings is 1. The van der Waals surface area contributed by atoms with E-state index >= 15 is 0 Å². The van der Waals surface area contributed by atoms with Crippen molar-refractivity contribution in [2.45, 2.75) is 24.5 Å². The number of carbonyl (C=O) groups is 3. The van der Waals surface area contributed by atoms with E-state index in [4.69, 9.17) is 19.9 Å². The second-order valence-electron chi connectivity index (χ2n) is 7.87. The molecular formula is C25H22N5O6+. The van der Waals surface area contributed by atoms with Gasteiger partial charge in [0.25, 0.3) is 12.1 Å². The van der Waals surface area contributed by atoms with Gasteiger partial charge in [-0.2, -0.15) is 4.57 Å². The Bertz CT molecular complexity index is 1300. The molecule has 4 rings (SSSR count). The second-order valence-corrected chi connectivity index (χ2v) is 7.87. The highest BCUT2D eigenvalue weighted by molar-refractivity contribution is 5.92. The molecule has 3 aromatic rings. The SMILES string of the molecule is [N-]=[N+]=N[C@@H]1[C@H](OC(=O)c2ccccc2)[C@@H](COC(=O)c2ccccc2)O[C@H]1[n+]1cccc(C(N)=O)c1. The Morgan fingerprint density at radius 3 is 2.17 bits per heavy atom. The van der Waals surface area contributed by atoms with Crippen molar-refractivity contribution in [2.75, 3.05) is 6.61 Å². The molecular weight excluding hydrogens is 466 g/mol. The van der Waals surface area contributed by atoms with Gasteiger partial charge in [-0.15, -0.1) is 0 Å². The number of aromatic nitrogens is 1. The van der Waals surface area contributed by atoms with E-state index in [0.717, 1.165) is 0 Å². The van der Waals surface area contributed by atoms with Crippen molar-refractivity contribution in [3.05, 3.63) is 112 Å².